The molecule has 8 nitrogen and oxygen atoms in total. The van der Waals surface area contributed by atoms with Gasteiger partial charge in [0.05, 0.1) is 10.6 Å². The van der Waals surface area contributed by atoms with Gasteiger partial charge in [-0.2, -0.15) is 0 Å². The van der Waals surface area contributed by atoms with Crippen LogP contribution in [0.25, 0.3) is 0 Å². The fourth-order valence-electron chi connectivity index (χ4n) is 2.80. The molecule has 0 fully saturated rings. The van der Waals surface area contributed by atoms with Crippen molar-refractivity contribution in [2.45, 2.75) is 5.92 Å². The van der Waals surface area contributed by atoms with E-state index in [-0.39, 0.29) is 32.7 Å². The number of non-ortho nitro benzene ring substituents is 1. The van der Waals surface area contributed by atoms with Crippen molar-refractivity contribution in [3.8, 4) is 0 Å². The Morgan fingerprint density at radius 2 is 1.30 bits per heavy atom. The van der Waals surface area contributed by atoms with E-state index < -0.39 is 22.7 Å². The van der Waals surface area contributed by atoms with Crippen molar-refractivity contribution in [2.24, 2.45) is 0 Å². The molecular formula is C21H13Cl4N3O5. The number of nitro groups is 1. The van der Waals surface area contributed by atoms with Crippen LogP contribution >= 0.6 is 46.4 Å². The zero-order chi connectivity index (χ0) is 24.1. The predicted molar refractivity (Wildman–Crippen MR) is 127 cm³/mol. The highest BCUT2D eigenvalue weighted by Crippen LogP contribution is 2.27. The molecule has 0 saturated heterocycles. The number of amides is 1. The number of hydrogen-bond donors (Lipinski definition) is 2. The van der Waals surface area contributed by atoms with E-state index in [1.165, 1.54) is 60.7 Å². The molecule has 1 amide bonds. The van der Waals surface area contributed by atoms with Crippen LogP contribution in [0.3, 0.4) is 0 Å². The van der Waals surface area contributed by atoms with Crippen LogP contribution < -0.4 is 10.8 Å². The molecular weight excluding hydrogens is 516 g/mol. The average molecular weight is 529 g/mol. The summed E-state index contributed by atoms with van der Waals surface area (Å²) in [6.07, 6.45) is 0. The molecule has 3 aromatic carbocycles. The zero-order valence-electron chi connectivity index (χ0n) is 16.4. The van der Waals surface area contributed by atoms with E-state index in [0.717, 1.165) is 0 Å². The van der Waals surface area contributed by atoms with Crippen molar-refractivity contribution >= 4 is 75.3 Å². The molecule has 0 saturated carbocycles. The summed E-state index contributed by atoms with van der Waals surface area (Å²) in [5.41, 5.74) is 2.85. The largest absolute Gasteiger partial charge is 0.348 e. The second-order valence-corrected chi connectivity index (χ2v) is 8.36. The van der Waals surface area contributed by atoms with E-state index in [2.05, 4.69) is 10.8 Å². The summed E-state index contributed by atoms with van der Waals surface area (Å²) in [5.74, 6) is -3.27. The molecule has 1 unspecified atom stereocenters. The van der Waals surface area contributed by atoms with Crippen molar-refractivity contribution in [3.63, 3.8) is 0 Å². The molecule has 2 N–H and O–H groups in total. The van der Waals surface area contributed by atoms with Gasteiger partial charge in [-0.25, -0.2) is 10.3 Å². The van der Waals surface area contributed by atoms with Gasteiger partial charge in [0.1, 0.15) is 0 Å². The van der Waals surface area contributed by atoms with Crippen molar-refractivity contribution in [1.82, 2.24) is 0 Å². The summed E-state index contributed by atoms with van der Waals surface area (Å²) in [5, 5.41) is 14.6. The fraction of sp³-hybridized carbons (Fsp3) is 0.0476. The SMILES string of the molecule is O=C(Nc1cc(Cl)cc(Cl)c1)C(C(=O)ONc1cc(Cl)cc(Cl)c1)c1ccc([N+](=O)[O-])cc1. The molecule has 0 bridgehead atoms. The van der Waals surface area contributed by atoms with Crippen molar-refractivity contribution < 1.29 is 19.3 Å². The molecule has 33 heavy (non-hydrogen) atoms. The number of carbonyl (C=O) groups is 2. The lowest BCUT2D eigenvalue weighted by Crippen LogP contribution is -2.30. The van der Waals surface area contributed by atoms with Gasteiger partial charge in [-0.15, -0.1) is 0 Å². The van der Waals surface area contributed by atoms with Crippen LogP contribution in [0.1, 0.15) is 11.5 Å². The van der Waals surface area contributed by atoms with Crippen LogP contribution in [-0.4, -0.2) is 16.8 Å². The maximum atomic E-state index is 13.0. The zero-order valence-corrected chi connectivity index (χ0v) is 19.4. The Bertz CT molecular complexity index is 1180. The molecule has 0 spiro atoms. The highest BCUT2D eigenvalue weighted by atomic mass is 35.5. The molecule has 0 aliphatic heterocycles. The number of nitro benzene ring substituents is 1. The van der Waals surface area contributed by atoms with Gasteiger partial charge in [-0.1, -0.05) is 58.5 Å². The number of nitrogens with one attached hydrogen (secondary N) is 2. The summed E-state index contributed by atoms with van der Waals surface area (Å²) in [7, 11) is 0. The Labute approximate surface area is 207 Å². The lowest BCUT2D eigenvalue weighted by atomic mass is 9.98. The van der Waals surface area contributed by atoms with Crippen LogP contribution in [0.4, 0.5) is 17.1 Å². The second kappa shape index (κ2) is 10.7. The summed E-state index contributed by atoms with van der Waals surface area (Å²) in [6, 6.07) is 13.7. The van der Waals surface area contributed by atoms with Crippen LogP contribution in [0, 0.1) is 10.1 Å². The predicted octanol–water partition coefficient (Wildman–Crippen LogP) is 6.50. The van der Waals surface area contributed by atoms with Gasteiger partial charge in [0.15, 0.2) is 5.92 Å². The third kappa shape index (κ3) is 6.72. The molecule has 170 valence electrons. The summed E-state index contributed by atoms with van der Waals surface area (Å²) in [4.78, 5) is 41.3. The minimum absolute atomic E-state index is 0.155. The van der Waals surface area contributed by atoms with Crippen LogP contribution in [-0.2, 0) is 14.4 Å². The summed E-state index contributed by atoms with van der Waals surface area (Å²) in [6.45, 7) is 0. The summed E-state index contributed by atoms with van der Waals surface area (Å²) < 4.78 is 0. The van der Waals surface area contributed by atoms with Crippen molar-refractivity contribution in [1.29, 1.82) is 0 Å². The minimum atomic E-state index is -1.49. The van der Waals surface area contributed by atoms with Crippen LogP contribution in [0.5, 0.6) is 0 Å². The average Bonchev–Trinajstić information content (AvgIpc) is 2.71. The first kappa shape index (κ1) is 24.6. The number of halogens is 4. The highest BCUT2D eigenvalue weighted by molar-refractivity contribution is 6.35. The number of nitrogens with zero attached hydrogens (tertiary/aromatic N) is 1. The van der Waals surface area contributed by atoms with Crippen molar-refractivity contribution in [2.75, 3.05) is 10.8 Å². The van der Waals surface area contributed by atoms with Gasteiger partial charge in [-0.05, 0) is 42.0 Å². The Morgan fingerprint density at radius 3 is 1.79 bits per heavy atom. The van der Waals surface area contributed by atoms with Gasteiger partial charge >= 0.3 is 5.97 Å². The third-order valence-corrected chi connectivity index (χ3v) is 5.07. The Hall–Kier alpha value is -3.04. The van der Waals surface area contributed by atoms with Gasteiger partial charge in [0.2, 0.25) is 5.91 Å². The monoisotopic (exact) mass is 527 g/mol. The standard InChI is InChI=1S/C21H13Cl4N3O5/c22-12-5-13(23)8-16(7-12)26-20(29)19(11-1-3-18(4-2-11)28(31)32)21(30)33-27-17-9-14(24)6-15(25)10-17/h1-10,19,27H,(H,26,29). The van der Waals surface area contributed by atoms with Gasteiger partial charge in [-0.3, -0.25) is 14.9 Å². The van der Waals surface area contributed by atoms with E-state index in [1.807, 2.05) is 0 Å². The quantitative estimate of drug-likeness (QED) is 0.205. The number of benzene rings is 3. The molecule has 0 aliphatic rings. The van der Waals surface area contributed by atoms with E-state index in [0.29, 0.717) is 10.0 Å². The molecule has 0 aromatic heterocycles. The number of hydrogen-bond acceptors (Lipinski definition) is 6. The first-order valence-corrected chi connectivity index (χ1v) is 10.6. The topological polar surface area (TPSA) is 111 Å². The number of carbonyl (C=O) groups excluding carboxylic acids is 2. The Morgan fingerprint density at radius 1 is 0.818 bits per heavy atom. The smallest absolute Gasteiger partial charge is 0.342 e. The van der Waals surface area contributed by atoms with E-state index in [4.69, 9.17) is 51.2 Å². The van der Waals surface area contributed by atoms with Gasteiger partial charge < -0.3 is 10.2 Å². The van der Waals surface area contributed by atoms with E-state index in [9.17, 15) is 19.7 Å². The summed E-state index contributed by atoms with van der Waals surface area (Å²) >= 11 is 23.8. The number of rotatable bonds is 7. The van der Waals surface area contributed by atoms with Gasteiger partial charge in [0.25, 0.3) is 5.69 Å². The molecule has 3 rings (SSSR count). The van der Waals surface area contributed by atoms with Gasteiger partial charge in [0, 0.05) is 37.9 Å². The van der Waals surface area contributed by atoms with Crippen LogP contribution in [0.2, 0.25) is 20.1 Å². The number of anilines is 2. The Kier molecular flexibility index (Phi) is 7.99. The maximum Gasteiger partial charge on any atom is 0.348 e. The lowest BCUT2D eigenvalue weighted by molar-refractivity contribution is -0.384. The highest BCUT2D eigenvalue weighted by Gasteiger charge is 2.31. The van der Waals surface area contributed by atoms with Crippen LogP contribution in [0.15, 0.2) is 60.7 Å². The lowest BCUT2D eigenvalue weighted by Gasteiger charge is -2.17. The first-order chi connectivity index (χ1) is 15.6. The first-order valence-electron chi connectivity index (χ1n) is 9.06. The molecule has 0 heterocycles. The minimum Gasteiger partial charge on any atom is -0.342 e. The normalized spacial score (nSPS) is 11.4. The molecule has 3 aromatic rings. The second-order valence-electron chi connectivity index (χ2n) is 6.61. The third-order valence-electron chi connectivity index (χ3n) is 4.20. The molecule has 12 heteroatoms. The fourth-order valence-corrected chi connectivity index (χ4v) is 3.86. The maximum absolute atomic E-state index is 13.0. The molecule has 1 atom stereocenters. The van der Waals surface area contributed by atoms with E-state index in [1.54, 1.807) is 0 Å². The van der Waals surface area contributed by atoms with E-state index >= 15 is 0 Å². The molecule has 0 radical (unpaired) electrons. The molecule has 0 aliphatic carbocycles. The Balaban J connectivity index is 1.87. The van der Waals surface area contributed by atoms with Crippen molar-refractivity contribution in [3.05, 3.63) is 96.4 Å².